The third-order valence-corrected chi connectivity index (χ3v) is 4.17. The second kappa shape index (κ2) is 5.76. The second-order valence-electron chi connectivity index (χ2n) is 5.82. The fraction of sp³-hybridized carbons (Fsp3) is 0.500. The van der Waals surface area contributed by atoms with Crippen molar-refractivity contribution in [3.63, 3.8) is 0 Å². The Morgan fingerprint density at radius 3 is 2.81 bits per heavy atom. The van der Waals surface area contributed by atoms with Crippen molar-refractivity contribution in [3.05, 3.63) is 23.8 Å². The molecule has 1 aromatic carbocycles. The number of fused-ring (bicyclic) bond motifs is 1. The van der Waals surface area contributed by atoms with E-state index in [1.165, 1.54) is 0 Å². The molecule has 5 nitrogen and oxygen atoms in total. The molecule has 5 heteroatoms. The summed E-state index contributed by atoms with van der Waals surface area (Å²) in [6.07, 6.45) is 3.50. The fourth-order valence-corrected chi connectivity index (χ4v) is 3.00. The Labute approximate surface area is 124 Å². The number of rotatable bonds is 3. The van der Waals surface area contributed by atoms with Crippen molar-refractivity contribution in [2.45, 2.75) is 38.6 Å². The predicted molar refractivity (Wildman–Crippen MR) is 82.3 cm³/mol. The predicted octanol–water partition coefficient (Wildman–Crippen LogP) is 1.99. The van der Waals surface area contributed by atoms with Crippen molar-refractivity contribution in [1.29, 1.82) is 0 Å². The van der Waals surface area contributed by atoms with E-state index in [1.54, 1.807) is 0 Å². The molecule has 0 aliphatic carbocycles. The Hall–Kier alpha value is -2.04. The van der Waals surface area contributed by atoms with E-state index in [-0.39, 0.29) is 17.9 Å². The van der Waals surface area contributed by atoms with Crippen molar-refractivity contribution in [2.75, 3.05) is 23.7 Å². The molecule has 2 N–H and O–H groups in total. The molecule has 1 saturated heterocycles. The maximum Gasteiger partial charge on any atom is 0.244 e. The summed E-state index contributed by atoms with van der Waals surface area (Å²) in [6.45, 7) is 3.66. The van der Waals surface area contributed by atoms with Crippen LogP contribution in [-0.4, -0.2) is 35.8 Å². The highest BCUT2D eigenvalue weighted by Crippen LogP contribution is 2.26. The van der Waals surface area contributed by atoms with Crippen molar-refractivity contribution in [1.82, 2.24) is 4.90 Å². The Balaban J connectivity index is 1.67. The molecule has 1 unspecified atom stereocenters. The lowest BCUT2D eigenvalue weighted by molar-refractivity contribution is -0.130. The van der Waals surface area contributed by atoms with Crippen LogP contribution >= 0.6 is 0 Å². The number of amides is 2. The summed E-state index contributed by atoms with van der Waals surface area (Å²) in [5.41, 5.74) is 2.95. The minimum absolute atomic E-state index is 0.0702. The lowest BCUT2D eigenvalue weighted by Gasteiger charge is -2.23. The van der Waals surface area contributed by atoms with Gasteiger partial charge in [-0.1, -0.05) is 0 Å². The smallest absolute Gasteiger partial charge is 0.244 e. The number of hydrogen-bond donors (Lipinski definition) is 2. The highest BCUT2D eigenvalue weighted by molar-refractivity contribution is 5.94. The van der Waals surface area contributed by atoms with Gasteiger partial charge in [0.25, 0.3) is 0 Å². The third kappa shape index (κ3) is 3.01. The van der Waals surface area contributed by atoms with Gasteiger partial charge in [0.2, 0.25) is 11.8 Å². The molecule has 2 heterocycles. The van der Waals surface area contributed by atoms with Gasteiger partial charge in [-0.05, 0) is 49.9 Å². The van der Waals surface area contributed by atoms with E-state index in [0.29, 0.717) is 6.42 Å². The summed E-state index contributed by atoms with van der Waals surface area (Å²) in [4.78, 5) is 25.6. The number of likely N-dealkylation sites (tertiary alicyclic amines) is 1. The second-order valence-corrected chi connectivity index (χ2v) is 5.82. The molecule has 0 spiro atoms. The average Bonchev–Trinajstić information content (AvgIpc) is 3.00. The van der Waals surface area contributed by atoms with Crippen LogP contribution < -0.4 is 10.6 Å². The number of anilines is 2. The maximum atomic E-state index is 12.3. The lowest BCUT2D eigenvalue weighted by atomic mass is 10.0. The van der Waals surface area contributed by atoms with Gasteiger partial charge in [0.15, 0.2) is 0 Å². The Morgan fingerprint density at radius 2 is 2.05 bits per heavy atom. The summed E-state index contributed by atoms with van der Waals surface area (Å²) < 4.78 is 0. The number of aryl methyl sites for hydroxylation is 1. The van der Waals surface area contributed by atoms with Crippen LogP contribution in [0.3, 0.4) is 0 Å². The number of nitrogens with one attached hydrogen (secondary N) is 2. The molecule has 112 valence electrons. The molecular formula is C16H21N3O2. The maximum absolute atomic E-state index is 12.3. The molecule has 3 rings (SSSR count). The van der Waals surface area contributed by atoms with Crippen LogP contribution in [0, 0.1) is 0 Å². The van der Waals surface area contributed by atoms with Crippen molar-refractivity contribution >= 4 is 23.2 Å². The van der Waals surface area contributed by atoms with Crippen LogP contribution in [0.1, 0.15) is 31.7 Å². The Morgan fingerprint density at radius 1 is 1.29 bits per heavy atom. The zero-order valence-corrected chi connectivity index (χ0v) is 12.3. The number of hydrogen-bond acceptors (Lipinski definition) is 3. The first-order valence-electron chi connectivity index (χ1n) is 7.61. The largest absolute Gasteiger partial charge is 0.374 e. The third-order valence-electron chi connectivity index (χ3n) is 4.17. The normalized spacial score (nSPS) is 18.9. The van der Waals surface area contributed by atoms with Gasteiger partial charge >= 0.3 is 0 Å². The van der Waals surface area contributed by atoms with Gasteiger partial charge in [0.05, 0.1) is 0 Å². The van der Waals surface area contributed by atoms with E-state index < -0.39 is 0 Å². The van der Waals surface area contributed by atoms with Gasteiger partial charge in [0, 0.05) is 30.9 Å². The minimum Gasteiger partial charge on any atom is -0.374 e. The van der Waals surface area contributed by atoms with Crippen molar-refractivity contribution < 1.29 is 9.59 Å². The Kier molecular flexibility index (Phi) is 3.82. The molecule has 1 fully saturated rings. The number of nitrogens with zero attached hydrogens (tertiary/aromatic N) is 1. The van der Waals surface area contributed by atoms with Gasteiger partial charge in [-0.2, -0.15) is 0 Å². The van der Waals surface area contributed by atoms with E-state index in [4.69, 9.17) is 0 Å². The molecule has 21 heavy (non-hydrogen) atoms. The van der Waals surface area contributed by atoms with Crippen LogP contribution in [0.15, 0.2) is 18.2 Å². The van der Waals surface area contributed by atoms with Gasteiger partial charge in [-0.3, -0.25) is 9.59 Å². The molecular weight excluding hydrogens is 266 g/mol. The minimum atomic E-state index is -0.223. The molecule has 1 atom stereocenters. The van der Waals surface area contributed by atoms with E-state index in [2.05, 4.69) is 10.6 Å². The van der Waals surface area contributed by atoms with Crippen LogP contribution in [0.2, 0.25) is 0 Å². The molecule has 2 aliphatic rings. The topological polar surface area (TPSA) is 61.4 Å². The number of carbonyl (C=O) groups excluding carboxylic acids is 2. The first-order chi connectivity index (χ1) is 10.1. The van der Waals surface area contributed by atoms with E-state index in [0.717, 1.165) is 49.3 Å². The molecule has 0 saturated carbocycles. The van der Waals surface area contributed by atoms with Crippen LogP contribution in [0.25, 0.3) is 0 Å². The highest BCUT2D eigenvalue weighted by atomic mass is 16.2. The number of benzene rings is 1. The first-order valence-corrected chi connectivity index (χ1v) is 7.61. The van der Waals surface area contributed by atoms with Gasteiger partial charge in [-0.25, -0.2) is 0 Å². The summed E-state index contributed by atoms with van der Waals surface area (Å²) in [7, 11) is 0. The van der Waals surface area contributed by atoms with Crippen molar-refractivity contribution in [3.8, 4) is 0 Å². The monoisotopic (exact) mass is 287 g/mol. The van der Waals surface area contributed by atoms with E-state index in [9.17, 15) is 9.59 Å². The highest BCUT2D eigenvalue weighted by Gasteiger charge is 2.23. The molecule has 2 aliphatic heterocycles. The fourth-order valence-electron chi connectivity index (χ4n) is 3.00. The SMILES string of the molecule is CC(Nc1ccc2c(c1)CCC(=O)N2)C(=O)N1CCCC1. The van der Waals surface area contributed by atoms with Crippen molar-refractivity contribution in [2.24, 2.45) is 0 Å². The quantitative estimate of drug-likeness (QED) is 0.894. The standard InChI is InChI=1S/C16H21N3O2/c1-11(16(21)19-8-2-3-9-19)17-13-5-6-14-12(10-13)4-7-15(20)18-14/h5-6,10-11,17H,2-4,7-9H2,1H3,(H,18,20). The lowest BCUT2D eigenvalue weighted by Crippen LogP contribution is -2.39. The van der Waals surface area contributed by atoms with Crippen LogP contribution in [-0.2, 0) is 16.0 Å². The van der Waals surface area contributed by atoms with Crippen LogP contribution in [0.4, 0.5) is 11.4 Å². The zero-order chi connectivity index (χ0) is 14.8. The molecule has 0 bridgehead atoms. The summed E-state index contributed by atoms with van der Waals surface area (Å²) in [5.74, 6) is 0.235. The Bertz CT molecular complexity index is 565. The molecule has 1 aromatic rings. The molecule has 0 radical (unpaired) electrons. The summed E-state index contributed by atoms with van der Waals surface area (Å²) >= 11 is 0. The zero-order valence-electron chi connectivity index (χ0n) is 12.3. The number of carbonyl (C=O) groups is 2. The van der Waals surface area contributed by atoms with Gasteiger partial charge in [0.1, 0.15) is 6.04 Å². The first kappa shape index (κ1) is 13.9. The van der Waals surface area contributed by atoms with Crippen LogP contribution in [0.5, 0.6) is 0 Å². The van der Waals surface area contributed by atoms with Gasteiger partial charge < -0.3 is 15.5 Å². The molecule has 0 aromatic heterocycles. The van der Waals surface area contributed by atoms with E-state index in [1.807, 2.05) is 30.0 Å². The molecule has 2 amide bonds. The average molecular weight is 287 g/mol. The summed E-state index contributed by atoms with van der Waals surface area (Å²) in [6, 6.07) is 5.63. The van der Waals surface area contributed by atoms with E-state index >= 15 is 0 Å². The summed E-state index contributed by atoms with van der Waals surface area (Å²) in [5, 5.41) is 6.14. The van der Waals surface area contributed by atoms with Gasteiger partial charge in [-0.15, -0.1) is 0 Å².